The molecule has 0 fully saturated rings. The summed E-state index contributed by atoms with van der Waals surface area (Å²) in [7, 11) is 1.65. The summed E-state index contributed by atoms with van der Waals surface area (Å²) in [5, 5.41) is 0. The van der Waals surface area contributed by atoms with Gasteiger partial charge in [0.15, 0.2) is 11.6 Å². The van der Waals surface area contributed by atoms with Gasteiger partial charge in [0.1, 0.15) is 0 Å². The molecular weight excluding hydrogens is 195 g/mol. The van der Waals surface area contributed by atoms with Gasteiger partial charge in [-0.3, -0.25) is 0 Å². The molecule has 0 aliphatic heterocycles. The van der Waals surface area contributed by atoms with Crippen LogP contribution in [0.2, 0.25) is 0 Å². The SMILES string of the molecule is CO[C@H](C)CCOc1cccc(C)c1F. The van der Waals surface area contributed by atoms with Crippen molar-refractivity contribution in [2.75, 3.05) is 13.7 Å². The molecule has 1 rings (SSSR count). The highest BCUT2D eigenvalue weighted by atomic mass is 19.1. The minimum absolute atomic E-state index is 0.137. The van der Waals surface area contributed by atoms with Crippen molar-refractivity contribution >= 4 is 0 Å². The number of aryl methyl sites for hydroxylation is 1. The maximum atomic E-state index is 13.5. The average Bonchev–Trinajstić information content (AvgIpc) is 2.24. The minimum atomic E-state index is -0.275. The van der Waals surface area contributed by atoms with Crippen LogP contribution in [0.25, 0.3) is 0 Å². The van der Waals surface area contributed by atoms with E-state index < -0.39 is 0 Å². The lowest BCUT2D eigenvalue weighted by atomic mass is 10.2. The number of methoxy groups -OCH3 is 1. The lowest BCUT2D eigenvalue weighted by Crippen LogP contribution is -2.11. The van der Waals surface area contributed by atoms with E-state index in [0.29, 0.717) is 17.9 Å². The topological polar surface area (TPSA) is 18.5 Å². The Kier molecular flexibility index (Phi) is 4.56. The Morgan fingerprint density at radius 3 is 2.80 bits per heavy atom. The molecule has 0 bridgehead atoms. The molecule has 0 aliphatic rings. The van der Waals surface area contributed by atoms with Crippen LogP contribution < -0.4 is 4.74 Å². The predicted octanol–water partition coefficient (Wildman–Crippen LogP) is 2.94. The van der Waals surface area contributed by atoms with Crippen LogP contribution in [0.15, 0.2) is 18.2 Å². The normalized spacial score (nSPS) is 12.5. The molecule has 0 spiro atoms. The summed E-state index contributed by atoms with van der Waals surface area (Å²) in [5.74, 6) is 0.0425. The van der Waals surface area contributed by atoms with Crippen molar-refractivity contribution in [3.05, 3.63) is 29.6 Å². The van der Waals surface area contributed by atoms with Crippen molar-refractivity contribution in [2.45, 2.75) is 26.4 Å². The summed E-state index contributed by atoms with van der Waals surface area (Å²) in [4.78, 5) is 0. The van der Waals surface area contributed by atoms with Crippen LogP contribution in [-0.4, -0.2) is 19.8 Å². The summed E-state index contributed by atoms with van der Waals surface area (Å²) >= 11 is 0. The van der Waals surface area contributed by atoms with E-state index in [4.69, 9.17) is 9.47 Å². The Labute approximate surface area is 90.0 Å². The molecule has 0 unspecified atom stereocenters. The smallest absolute Gasteiger partial charge is 0.167 e. The first-order valence-corrected chi connectivity index (χ1v) is 5.06. The molecule has 1 aromatic rings. The first kappa shape index (κ1) is 12.0. The predicted molar refractivity (Wildman–Crippen MR) is 57.7 cm³/mol. The molecule has 1 aromatic carbocycles. The Morgan fingerprint density at radius 1 is 1.40 bits per heavy atom. The van der Waals surface area contributed by atoms with E-state index >= 15 is 0 Å². The molecule has 3 heteroatoms. The van der Waals surface area contributed by atoms with E-state index in [1.54, 1.807) is 32.2 Å². The van der Waals surface area contributed by atoms with Gasteiger partial charge in [-0.25, -0.2) is 4.39 Å². The van der Waals surface area contributed by atoms with Crippen molar-refractivity contribution < 1.29 is 13.9 Å². The maximum absolute atomic E-state index is 13.5. The molecule has 0 saturated carbocycles. The third-order valence-electron chi connectivity index (χ3n) is 2.34. The van der Waals surface area contributed by atoms with Gasteiger partial charge in [0.05, 0.1) is 12.7 Å². The van der Waals surface area contributed by atoms with Crippen LogP contribution in [0, 0.1) is 12.7 Å². The fourth-order valence-corrected chi connectivity index (χ4v) is 1.18. The first-order valence-electron chi connectivity index (χ1n) is 5.06. The van der Waals surface area contributed by atoms with Crippen LogP contribution in [0.1, 0.15) is 18.9 Å². The lowest BCUT2D eigenvalue weighted by molar-refractivity contribution is 0.0948. The molecule has 0 amide bonds. The molecule has 0 N–H and O–H groups in total. The second-order valence-corrected chi connectivity index (χ2v) is 3.57. The fraction of sp³-hybridized carbons (Fsp3) is 0.500. The van der Waals surface area contributed by atoms with Crippen molar-refractivity contribution in [3.63, 3.8) is 0 Å². The highest BCUT2D eigenvalue weighted by Crippen LogP contribution is 2.19. The van der Waals surface area contributed by atoms with Gasteiger partial charge in [0, 0.05) is 13.5 Å². The number of benzene rings is 1. The van der Waals surface area contributed by atoms with Gasteiger partial charge in [-0.1, -0.05) is 12.1 Å². The molecule has 15 heavy (non-hydrogen) atoms. The molecule has 1 atom stereocenters. The van der Waals surface area contributed by atoms with Gasteiger partial charge < -0.3 is 9.47 Å². The summed E-state index contributed by atoms with van der Waals surface area (Å²) in [6, 6.07) is 5.15. The summed E-state index contributed by atoms with van der Waals surface area (Å²) in [6.45, 7) is 4.14. The third-order valence-corrected chi connectivity index (χ3v) is 2.34. The van der Waals surface area contributed by atoms with E-state index in [1.165, 1.54) is 0 Å². The van der Waals surface area contributed by atoms with Crippen LogP contribution in [0.3, 0.4) is 0 Å². The Balaban J connectivity index is 2.47. The first-order chi connectivity index (χ1) is 7.15. The van der Waals surface area contributed by atoms with Crippen LogP contribution in [0.4, 0.5) is 4.39 Å². The zero-order valence-corrected chi connectivity index (χ0v) is 9.42. The molecular formula is C12H17FO2. The quantitative estimate of drug-likeness (QED) is 0.747. The third kappa shape index (κ3) is 3.51. The number of hydrogen-bond acceptors (Lipinski definition) is 2. The van der Waals surface area contributed by atoms with Crippen molar-refractivity contribution in [2.24, 2.45) is 0 Å². The standard InChI is InChI=1S/C12H17FO2/c1-9-5-4-6-11(12(9)13)15-8-7-10(2)14-3/h4-6,10H,7-8H2,1-3H3/t10-/m1/s1. The number of ether oxygens (including phenoxy) is 2. The molecule has 0 aromatic heterocycles. The summed E-state index contributed by atoms with van der Waals surface area (Å²) in [5.41, 5.74) is 0.604. The molecule has 0 radical (unpaired) electrons. The average molecular weight is 212 g/mol. The highest BCUT2D eigenvalue weighted by molar-refractivity contribution is 5.29. The fourth-order valence-electron chi connectivity index (χ4n) is 1.18. The zero-order valence-electron chi connectivity index (χ0n) is 9.42. The lowest BCUT2D eigenvalue weighted by Gasteiger charge is -2.11. The summed E-state index contributed by atoms with van der Waals surface area (Å²) in [6.07, 6.45) is 0.891. The van der Waals surface area contributed by atoms with Gasteiger partial charge in [-0.15, -0.1) is 0 Å². The highest BCUT2D eigenvalue weighted by Gasteiger charge is 2.06. The van der Waals surface area contributed by atoms with Gasteiger partial charge in [-0.05, 0) is 25.5 Å². The van der Waals surface area contributed by atoms with Gasteiger partial charge in [0.2, 0.25) is 0 Å². The van der Waals surface area contributed by atoms with Crippen molar-refractivity contribution in [3.8, 4) is 5.75 Å². The second kappa shape index (κ2) is 5.71. The van der Waals surface area contributed by atoms with Crippen LogP contribution in [-0.2, 0) is 4.74 Å². The summed E-state index contributed by atoms with van der Waals surface area (Å²) < 4.78 is 23.9. The monoisotopic (exact) mass is 212 g/mol. The van der Waals surface area contributed by atoms with E-state index in [1.807, 2.05) is 6.92 Å². The molecule has 2 nitrogen and oxygen atoms in total. The van der Waals surface area contributed by atoms with Crippen molar-refractivity contribution in [1.82, 2.24) is 0 Å². The second-order valence-electron chi connectivity index (χ2n) is 3.57. The number of rotatable bonds is 5. The largest absolute Gasteiger partial charge is 0.490 e. The Bertz CT molecular complexity index is 312. The van der Waals surface area contributed by atoms with Crippen molar-refractivity contribution in [1.29, 1.82) is 0 Å². The van der Waals surface area contributed by atoms with E-state index in [9.17, 15) is 4.39 Å². The van der Waals surface area contributed by atoms with E-state index in [0.717, 1.165) is 6.42 Å². The van der Waals surface area contributed by atoms with E-state index in [-0.39, 0.29) is 11.9 Å². The Hall–Kier alpha value is -1.09. The molecule has 84 valence electrons. The Morgan fingerprint density at radius 2 is 2.13 bits per heavy atom. The number of halogens is 1. The van der Waals surface area contributed by atoms with Gasteiger partial charge in [0.25, 0.3) is 0 Å². The molecule has 0 aliphatic carbocycles. The number of hydrogen-bond donors (Lipinski definition) is 0. The maximum Gasteiger partial charge on any atom is 0.167 e. The molecule has 0 heterocycles. The molecule has 0 saturated heterocycles. The van der Waals surface area contributed by atoms with Crippen LogP contribution >= 0.6 is 0 Å². The van der Waals surface area contributed by atoms with Gasteiger partial charge >= 0.3 is 0 Å². The van der Waals surface area contributed by atoms with Gasteiger partial charge in [-0.2, -0.15) is 0 Å². The van der Waals surface area contributed by atoms with Crippen LogP contribution in [0.5, 0.6) is 5.75 Å². The zero-order chi connectivity index (χ0) is 11.3. The minimum Gasteiger partial charge on any atom is -0.490 e. The van der Waals surface area contributed by atoms with E-state index in [2.05, 4.69) is 0 Å².